The number of aromatic nitrogens is 1. The van der Waals surface area contributed by atoms with Crippen LogP contribution in [-0.2, 0) is 0 Å². The number of hydrogen-bond donors (Lipinski definition) is 1. The third-order valence-corrected chi connectivity index (χ3v) is 3.82. The van der Waals surface area contributed by atoms with Crippen LogP contribution in [0.25, 0.3) is 0 Å². The second-order valence-electron chi connectivity index (χ2n) is 5.31. The third kappa shape index (κ3) is 4.10. The van der Waals surface area contributed by atoms with Crippen LogP contribution >= 0.6 is 0 Å². The van der Waals surface area contributed by atoms with Crippen molar-refractivity contribution in [3.05, 3.63) is 18.3 Å². The molecule has 4 nitrogen and oxygen atoms in total. The van der Waals surface area contributed by atoms with Crippen molar-refractivity contribution in [2.24, 2.45) is 0 Å². The number of nitrogens with zero attached hydrogens (tertiary/aromatic N) is 3. The van der Waals surface area contributed by atoms with Crippen LogP contribution in [0, 0.1) is 0 Å². The van der Waals surface area contributed by atoms with E-state index >= 15 is 0 Å². The third-order valence-electron chi connectivity index (χ3n) is 3.82. The number of pyridine rings is 1. The fourth-order valence-corrected chi connectivity index (χ4v) is 2.62. The molecule has 0 unspecified atom stereocenters. The van der Waals surface area contributed by atoms with Crippen LogP contribution in [0.1, 0.15) is 32.6 Å². The molecule has 1 aliphatic rings. The Balaban J connectivity index is 1.75. The average Bonchev–Trinajstić information content (AvgIpc) is 2.45. The lowest BCUT2D eigenvalue weighted by atomic mass is 10.2. The number of nitrogen functional groups attached to an aromatic ring is 1. The Morgan fingerprint density at radius 1 is 1.16 bits per heavy atom. The van der Waals surface area contributed by atoms with Crippen LogP contribution in [0.4, 0.5) is 11.5 Å². The van der Waals surface area contributed by atoms with E-state index in [9.17, 15) is 0 Å². The highest BCUT2D eigenvalue weighted by atomic mass is 15.3. The summed E-state index contributed by atoms with van der Waals surface area (Å²) in [6.45, 7) is 7.83. The first kappa shape index (κ1) is 14.1. The lowest BCUT2D eigenvalue weighted by molar-refractivity contribution is 0.251. The first-order valence-corrected chi connectivity index (χ1v) is 7.49. The summed E-state index contributed by atoms with van der Waals surface area (Å²) in [6.07, 6.45) is 7.20. The Labute approximate surface area is 116 Å². The van der Waals surface area contributed by atoms with Crippen molar-refractivity contribution < 1.29 is 0 Å². The minimum absolute atomic E-state index is 0.791. The molecule has 0 atom stereocenters. The molecule has 0 aromatic carbocycles. The van der Waals surface area contributed by atoms with Gasteiger partial charge in [0.25, 0.3) is 0 Å². The summed E-state index contributed by atoms with van der Waals surface area (Å²) in [4.78, 5) is 9.26. The standard InChI is InChI=1S/C15H26N4/c1-2-3-4-5-9-18-10-12-19(13-11-18)15-14(16)7-6-8-17-15/h6-8H,2-5,9-13,16H2,1H3. The van der Waals surface area contributed by atoms with Crippen molar-refractivity contribution in [2.75, 3.05) is 43.4 Å². The maximum absolute atomic E-state index is 5.98. The molecule has 1 saturated heterocycles. The van der Waals surface area contributed by atoms with Crippen molar-refractivity contribution in [2.45, 2.75) is 32.6 Å². The second-order valence-corrected chi connectivity index (χ2v) is 5.31. The van der Waals surface area contributed by atoms with E-state index in [2.05, 4.69) is 21.7 Å². The molecule has 106 valence electrons. The van der Waals surface area contributed by atoms with Gasteiger partial charge in [-0.25, -0.2) is 4.98 Å². The minimum atomic E-state index is 0.791. The molecular weight excluding hydrogens is 236 g/mol. The molecule has 2 heterocycles. The van der Waals surface area contributed by atoms with Gasteiger partial charge in [-0.2, -0.15) is 0 Å². The molecule has 4 heteroatoms. The SMILES string of the molecule is CCCCCCN1CCN(c2ncccc2N)CC1. The molecule has 1 aromatic rings. The topological polar surface area (TPSA) is 45.4 Å². The molecule has 1 aromatic heterocycles. The molecule has 19 heavy (non-hydrogen) atoms. The van der Waals surface area contributed by atoms with Gasteiger partial charge in [0, 0.05) is 32.4 Å². The normalized spacial score (nSPS) is 16.8. The van der Waals surface area contributed by atoms with Gasteiger partial charge in [-0.1, -0.05) is 26.2 Å². The maximum Gasteiger partial charge on any atom is 0.151 e. The molecule has 0 radical (unpaired) electrons. The van der Waals surface area contributed by atoms with Crippen molar-refractivity contribution in [3.8, 4) is 0 Å². The van der Waals surface area contributed by atoms with E-state index in [1.54, 1.807) is 0 Å². The second kappa shape index (κ2) is 7.34. The summed E-state index contributed by atoms with van der Waals surface area (Å²) in [5.74, 6) is 0.952. The average molecular weight is 262 g/mol. The Hall–Kier alpha value is -1.29. The van der Waals surface area contributed by atoms with E-state index in [-0.39, 0.29) is 0 Å². The molecule has 2 rings (SSSR count). The highest BCUT2D eigenvalue weighted by Gasteiger charge is 2.18. The number of nitrogens with two attached hydrogens (primary N) is 1. The lowest BCUT2D eigenvalue weighted by Crippen LogP contribution is -2.47. The zero-order chi connectivity index (χ0) is 13.5. The highest BCUT2D eigenvalue weighted by molar-refractivity contribution is 5.62. The van der Waals surface area contributed by atoms with Gasteiger partial charge in [0.1, 0.15) is 0 Å². The van der Waals surface area contributed by atoms with E-state index in [0.29, 0.717) is 0 Å². The van der Waals surface area contributed by atoms with E-state index in [1.165, 1.54) is 32.2 Å². The van der Waals surface area contributed by atoms with Crippen LogP contribution in [0.3, 0.4) is 0 Å². The zero-order valence-corrected chi connectivity index (χ0v) is 12.0. The highest BCUT2D eigenvalue weighted by Crippen LogP contribution is 2.20. The van der Waals surface area contributed by atoms with Crippen LogP contribution in [0.15, 0.2) is 18.3 Å². The quantitative estimate of drug-likeness (QED) is 0.799. The predicted octanol–water partition coefficient (Wildman–Crippen LogP) is 2.37. The van der Waals surface area contributed by atoms with Crippen LogP contribution in [0.2, 0.25) is 0 Å². The van der Waals surface area contributed by atoms with Gasteiger partial charge >= 0.3 is 0 Å². The molecule has 0 bridgehead atoms. The maximum atomic E-state index is 5.98. The van der Waals surface area contributed by atoms with E-state index in [0.717, 1.165) is 37.7 Å². The number of anilines is 2. The first-order valence-electron chi connectivity index (χ1n) is 7.49. The molecule has 2 N–H and O–H groups in total. The molecule has 0 amide bonds. The van der Waals surface area contributed by atoms with Gasteiger partial charge < -0.3 is 10.6 Å². The Morgan fingerprint density at radius 2 is 1.95 bits per heavy atom. The summed E-state index contributed by atoms with van der Waals surface area (Å²) in [7, 11) is 0. The summed E-state index contributed by atoms with van der Waals surface area (Å²) in [5, 5.41) is 0. The van der Waals surface area contributed by atoms with Gasteiger partial charge in [0.05, 0.1) is 5.69 Å². The van der Waals surface area contributed by atoms with E-state index in [1.807, 2.05) is 18.3 Å². The first-order chi connectivity index (χ1) is 9.31. The molecule has 1 fully saturated rings. The van der Waals surface area contributed by atoms with Gasteiger partial charge in [0.15, 0.2) is 5.82 Å². The van der Waals surface area contributed by atoms with Crippen molar-refractivity contribution >= 4 is 11.5 Å². The van der Waals surface area contributed by atoms with Crippen LogP contribution in [0.5, 0.6) is 0 Å². The number of rotatable bonds is 6. The van der Waals surface area contributed by atoms with Gasteiger partial charge in [-0.15, -0.1) is 0 Å². The van der Waals surface area contributed by atoms with Gasteiger partial charge in [-0.05, 0) is 25.1 Å². The number of unbranched alkanes of at least 4 members (excludes halogenated alkanes) is 3. The molecule has 0 saturated carbocycles. The number of piperazine rings is 1. The van der Waals surface area contributed by atoms with Gasteiger partial charge in [0.2, 0.25) is 0 Å². The molecule has 0 spiro atoms. The number of hydrogen-bond acceptors (Lipinski definition) is 4. The van der Waals surface area contributed by atoms with Crippen molar-refractivity contribution in [1.29, 1.82) is 0 Å². The summed E-state index contributed by atoms with van der Waals surface area (Å²) in [6, 6.07) is 3.82. The molecular formula is C15H26N4. The fourth-order valence-electron chi connectivity index (χ4n) is 2.62. The summed E-state index contributed by atoms with van der Waals surface area (Å²) in [5.41, 5.74) is 6.77. The Bertz CT molecular complexity index is 372. The molecule has 0 aliphatic carbocycles. The Kier molecular flexibility index (Phi) is 5.45. The van der Waals surface area contributed by atoms with Crippen molar-refractivity contribution in [1.82, 2.24) is 9.88 Å². The fraction of sp³-hybridized carbons (Fsp3) is 0.667. The van der Waals surface area contributed by atoms with E-state index in [4.69, 9.17) is 5.73 Å². The largest absolute Gasteiger partial charge is 0.396 e. The monoisotopic (exact) mass is 262 g/mol. The molecule has 1 aliphatic heterocycles. The lowest BCUT2D eigenvalue weighted by Gasteiger charge is -2.35. The van der Waals surface area contributed by atoms with Crippen molar-refractivity contribution in [3.63, 3.8) is 0 Å². The van der Waals surface area contributed by atoms with Crippen LogP contribution < -0.4 is 10.6 Å². The van der Waals surface area contributed by atoms with E-state index < -0.39 is 0 Å². The summed E-state index contributed by atoms with van der Waals surface area (Å²) >= 11 is 0. The van der Waals surface area contributed by atoms with Gasteiger partial charge in [-0.3, -0.25) is 4.90 Å². The predicted molar refractivity (Wildman–Crippen MR) is 81.4 cm³/mol. The minimum Gasteiger partial charge on any atom is -0.396 e. The Morgan fingerprint density at radius 3 is 2.63 bits per heavy atom. The van der Waals surface area contributed by atoms with Crippen LogP contribution in [-0.4, -0.2) is 42.6 Å². The smallest absolute Gasteiger partial charge is 0.151 e. The zero-order valence-electron chi connectivity index (χ0n) is 12.0. The summed E-state index contributed by atoms with van der Waals surface area (Å²) < 4.78 is 0.